The average Bonchev–Trinajstić information content (AvgIpc) is 2.89. The number of aromatic nitrogens is 3. The Morgan fingerprint density at radius 3 is 2.85 bits per heavy atom. The van der Waals surface area contributed by atoms with E-state index in [2.05, 4.69) is 31.6 Å². The second-order valence-corrected chi connectivity index (χ2v) is 5.99. The van der Waals surface area contributed by atoms with Crippen molar-refractivity contribution in [2.24, 2.45) is 16.6 Å². The van der Waals surface area contributed by atoms with E-state index in [0.717, 1.165) is 43.6 Å². The van der Waals surface area contributed by atoms with Crippen LogP contribution >= 0.6 is 0 Å². The lowest BCUT2D eigenvalue weighted by atomic mass is 10.00. The van der Waals surface area contributed by atoms with E-state index in [9.17, 15) is 0 Å². The third-order valence-electron chi connectivity index (χ3n) is 4.43. The molecule has 1 aromatic heterocycles. The van der Waals surface area contributed by atoms with Crippen LogP contribution in [0.25, 0.3) is 0 Å². The van der Waals surface area contributed by atoms with E-state index in [-0.39, 0.29) is 0 Å². The van der Waals surface area contributed by atoms with Gasteiger partial charge in [-0.05, 0) is 31.6 Å². The van der Waals surface area contributed by atoms with Crippen molar-refractivity contribution in [2.45, 2.75) is 52.1 Å². The van der Waals surface area contributed by atoms with Crippen molar-refractivity contribution >= 4 is 5.96 Å². The molecule has 6 heteroatoms. The first kappa shape index (κ1) is 13.4. The summed E-state index contributed by atoms with van der Waals surface area (Å²) in [6.07, 6.45) is 5.88. The monoisotopic (exact) mass is 276 g/mol. The molecule has 2 aliphatic rings. The molecule has 2 aliphatic heterocycles. The van der Waals surface area contributed by atoms with Crippen LogP contribution in [0.5, 0.6) is 0 Å². The highest BCUT2D eigenvalue weighted by atomic mass is 15.3. The fourth-order valence-electron chi connectivity index (χ4n) is 2.97. The minimum absolute atomic E-state index is 0.547. The molecule has 20 heavy (non-hydrogen) atoms. The van der Waals surface area contributed by atoms with E-state index < -0.39 is 0 Å². The summed E-state index contributed by atoms with van der Waals surface area (Å²) < 4.78 is 2.21. The van der Waals surface area contributed by atoms with Crippen molar-refractivity contribution in [2.75, 3.05) is 13.1 Å². The lowest BCUT2D eigenvalue weighted by Crippen LogP contribution is -2.42. The Bertz CT molecular complexity index is 484. The van der Waals surface area contributed by atoms with Gasteiger partial charge in [0.05, 0.1) is 0 Å². The van der Waals surface area contributed by atoms with Crippen LogP contribution in [0.3, 0.4) is 0 Å². The summed E-state index contributed by atoms with van der Waals surface area (Å²) in [5.41, 5.74) is 6.11. The Hall–Kier alpha value is -1.59. The zero-order valence-corrected chi connectivity index (χ0v) is 12.3. The number of aryl methyl sites for hydroxylation is 1. The predicted molar refractivity (Wildman–Crippen MR) is 78.3 cm³/mol. The molecular weight excluding hydrogens is 252 g/mol. The first-order valence-corrected chi connectivity index (χ1v) is 7.70. The van der Waals surface area contributed by atoms with Crippen molar-refractivity contribution < 1.29 is 0 Å². The number of nitrogens with zero attached hydrogens (tertiary/aromatic N) is 5. The fourth-order valence-corrected chi connectivity index (χ4v) is 2.97. The summed E-state index contributed by atoms with van der Waals surface area (Å²) in [7, 11) is 0. The number of likely N-dealkylation sites (tertiary alicyclic amines) is 1. The number of piperidine rings is 1. The van der Waals surface area contributed by atoms with Crippen LogP contribution in [0.15, 0.2) is 4.99 Å². The maximum atomic E-state index is 6.11. The SMILES string of the molecule is CC1CCN(C(N)=NCc2nnc3n2CCCC3)CC1. The van der Waals surface area contributed by atoms with Gasteiger partial charge in [0.2, 0.25) is 0 Å². The lowest BCUT2D eigenvalue weighted by Gasteiger charge is -2.31. The summed E-state index contributed by atoms with van der Waals surface area (Å²) in [6, 6.07) is 0. The highest BCUT2D eigenvalue weighted by molar-refractivity contribution is 5.78. The molecule has 1 saturated heterocycles. The highest BCUT2D eigenvalue weighted by Crippen LogP contribution is 2.17. The van der Waals surface area contributed by atoms with Crippen molar-refractivity contribution in [3.63, 3.8) is 0 Å². The van der Waals surface area contributed by atoms with Crippen LogP contribution in [0, 0.1) is 5.92 Å². The summed E-state index contributed by atoms with van der Waals surface area (Å²) >= 11 is 0. The summed E-state index contributed by atoms with van der Waals surface area (Å²) in [5.74, 6) is 3.52. The molecular formula is C14H24N6. The lowest BCUT2D eigenvalue weighted by molar-refractivity contribution is 0.277. The molecule has 0 spiro atoms. The van der Waals surface area contributed by atoms with Crippen LogP contribution in [0.1, 0.15) is 44.3 Å². The standard InChI is InChI=1S/C14H24N6/c1-11-5-8-19(9-6-11)14(15)16-10-13-18-17-12-4-2-3-7-20(12)13/h11H,2-10H2,1H3,(H2,15,16). The van der Waals surface area contributed by atoms with Crippen LogP contribution in [0.4, 0.5) is 0 Å². The third-order valence-corrected chi connectivity index (χ3v) is 4.43. The van der Waals surface area contributed by atoms with Gasteiger partial charge in [-0.15, -0.1) is 10.2 Å². The molecule has 110 valence electrons. The van der Waals surface area contributed by atoms with E-state index in [1.54, 1.807) is 0 Å². The van der Waals surface area contributed by atoms with Crippen molar-refractivity contribution in [1.29, 1.82) is 0 Å². The number of guanidine groups is 1. The second-order valence-electron chi connectivity index (χ2n) is 5.99. The Labute approximate surface area is 120 Å². The van der Waals surface area contributed by atoms with Crippen LogP contribution < -0.4 is 5.73 Å². The minimum Gasteiger partial charge on any atom is -0.370 e. The van der Waals surface area contributed by atoms with Gasteiger partial charge in [0.15, 0.2) is 11.8 Å². The molecule has 0 saturated carbocycles. The number of hydrogen-bond acceptors (Lipinski definition) is 3. The largest absolute Gasteiger partial charge is 0.370 e. The topological polar surface area (TPSA) is 72.3 Å². The number of fused-ring (bicyclic) bond motifs is 1. The van der Waals surface area contributed by atoms with Crippen molar-refractivity contribution in [3.8, 4) is 0 Å². The molecule has 0 bridgehead atoms. The van der Waals surface area contributed by atoms with Crippen LogP contribution in [0.2, 0.25) is 0 Å². The van der Waals surface area contributed by atoms with Gasteiger partial charge in [-0.3, -0.25) is 0 Å². The third kappa shape index (κ3) is 2.78. The van der Waals surface area contributed by atoms with Crippen molar-refractivity contribution in [1.82, 2.24) is 19.7 Å². The Morgan fingerprint density at radius 1 is 1.25 bits per heavy atom. The summed E-state index contributed by atoms with van der Waals surface area (Å²) in [5, 5.41) is 8.51. The molecule has 0 radical (unpaired) electrons. The van der Waals surface area contributed by atoms with Gasteiger partial charge in [0.25, 0.3) is 0 Å². The second kappa shape index (κ2) is 5.81. The summed E-state index contributed by atoms with van der Waals surface area (Å²) in [4.78, 5) is 6.71. The van der Waals surface area contributed by atoms with Gasteiger partial charge in [0.1, 0.15) is 12.4 Å². The zero-order valence-electron chi connectivity index (χ0n) is 12.3. The molecule has 1 aromatic rings. The van der Waals surface area contributed by atoms with Gasteiger partial charge in [-0.1, -0.05) is 6.92 Å². The number of rotatable bonds is 2. The van der Waals surface area contributed by atoms with E-state index in [1.165, 1.54) is 25.7 Å². The van der Waals surface area contributed by atoms with Crippen LogP contribution in [-0.4, -0.2) is 38.7 Å². The van der Waals surface area contributed by atoms with Gasteiger partial charge < -0.3 is 15.2 Å². The zero-order chi connectivity index (χ0) is 13.9. The molecule has 0 aromatic carbocycles. The normalized spacial score (nSPS) is 21.1. The maximum Gasteiger partial charge on any atom is 0.191 e. The average molecular weight is 276 g/mol. The highest BCUT2D eigenvalue weighted by Gasteiger charge is 2.18. The Morgan fingerprint density at radius 2 is 2.05 bits per heavy atom. The van der Waals surface area contributed by atoms with E-state index >= 15 is 0 Å². The van der Waals surface area contributed by atoms with Crippen LogP contribution in [-0.2, 0) is 19.5 Å². The number of nitrogens with two attached hydrogens (primary N) is 1. The quantitative estimate of drug-likeness (QED) is 0.650. The molecule has 3 rings (SSSR count). The molecule has 6 nitrogen and oxygen atoms in total. The number of aliphatic imine (C=N–C) groups is 1. The van der Waals surface area contributed by atoms with Gasteiger partial charge >= 0.3 is 0 Å². The molecule has 0 unspecified atom stereocenters. The molecule has 2 N–H and O–H groups in total. The maximum absolute atomic E-state index is 6.11. The number of hydrogen-bond donors (Lipinski definition) is 1. The Balaban J connectivity index is 1.63. The van der Waals surface area contributed by atoms with Gasteiger partial charge in [-0.2, -0.15) is 0 Å². The van der Waals surface area contributed by atoms with E-state index in [0.29, 0.717) is 12.5 Å². The van der Waals surface area contributed by atoms with Gasteiger partial charge in [-0.25, -0.2) is 4.99 Å². The van der Waals surface area contributed by atoms with E-state index in [1.807, 2.05) is 0 Å². The molecule has 0 aliphatic carbocycles. The fraction of sp³-hybridized carbons (Fsp3) is 0.786. The molecule has 1 fully saturated rings. The van der Waals surface area contributed by atoms with E-state index in [4.69, 9.17) is 5.73 Å². The summed E-state index contributed by atoms with van der Waals surface area (Å²) in [6.45, 7) is 5.91. The molecule has 0 atom stereocenters. The van der Waals surface area contributed by atoms with Crippen molar-refractivity contribution in [3.05, 3.63) is 11.6 Å². The minimum atomic E-state index is 0.547. The smallest absolute Gasteiger partial charge is 0.191 e. The molecule has 3 heterocycles. The Kier molecular flexibility index (Phi) is 3.89. The predicted octanol–water partition coefficient (Wildman–Crippen LogP) is 1.16. The first-order valence-electron chi connectivity index (χ1n) is 7.70. The molecule has 0 amide bonds. The first-order chi connectivity index (χ1) is 9.74. The van der Waals surface area contributed by atoms with Gasteiger partial charge in [0, 0.05) is 26.1 Å².